The van der Waals surface area contributed by atoms with Crippen molar-refractivity contribution in [3.63, 3.8) is 0 Å². The number of hydrogen-bond donors (Lipinski definition) is 2. The monoisotopic (exact) mass is 223 g/mol. The van der Waals surface area contributed by atoms with Crippen LogP contribution in [0, 0.1) is 12.3 Å². The maximum absolute atomic E-state index is 11.1. The van der Waals surface area contributed by atoms with Crippen molar-refractivity contribution in [2.24, 2.45) is 0 Å². The van der Waals surface area contributed by atoms with Gasteiger partial charge in [0.25, 0.3) is 0 Å². The normalized spacial score (nSPS) is 9.53. The summed E-state index contributed by atoms with van der Waals surface area (Å²) in [6.45, 7) is 1.70. The predicted molar refractivity (Wildman–Crippen MR) is 60.3 cm³/mol. The number of aromatic nitrogens is 1. The van der Waals surface area contributed by atoms with E-state index in [1.165, 1.54) is 4.88 Å². The van der Waals surface area contributed by atoms with Crippen LogP contribution in [0.5, 0.6) is 0 Å². The fraction of sp³-hybridized carbons (Fsp3) is 0.400. The Morgan fingerprint density at radius 2 is 2.53 bits per heavy atom. The van der Waals surface area contributed by atoms with Gasteiger partial charge in [0.1, 0.15) is 0 Å². The van der Waals surface area contributed by atoms with Gasteiger partial charge in [-0.05, 0) is 0 Å². The lowest BCUT2D eigenvalue weighted by molar-refractivity contribution is -0.120. The highest BCUT2D eigenvalue weighted by Crippen LogP contribution is 2.03. The van der Waals surface area contributed by atoms with Gasteiger partial charge in [0.05, 0.1) is 12.1 Å². The van der Waals surface area contributed by atoms with Crippen LogP contribution in [0.2, 0.25) is 0 Å². The van der Waals surface area contributed by atoms with E-state index >= 15 is 0 Å². The summed E-state index contributed by atoms with van der Waals surface area (Å²) >= 11 is 1.59. The highest BCUT2D eigenvalue weighted by Gasteiger charge is 1.99. The van der Waals surface area contributed by atoms with Crippen LogP contribution >= 0.6 is 11.3 Å². The highest BCUT2D eigenvalue weighted by atomic mass is 32.1. The van der Waals surface area contributed by atoms with Crippen molar-refractivity contribution in [3.8, 4) is 12.3 Å². The maximum atomic E-state index is 11.1. The lowest BCUT2D eigenvalue weighted by Gasteiger charge is -2.02. The first-order valence-corrected chi connectivity index (χ1v) is 5.49. The Labute approximate surface area is 93.1 Å². The zero-order chi connectivity index (χ0) is 10.9. The van der Waals surface area contributed by atoms with Gasteiger partial charge in [-0.2, -0.15) is 0 Å². The number of nitrogens with one attached hydrogen (secondary N) is 2. The molecule has 0 atom stereocenters. The van der Waals surface area contributed by atoms with Crippen molar-refractivity contribution in [2.75, 3.05) is 13.1 Å². The molecule has 0 radical (unpaired) electrons. The largest absolute Gasteiger partial charge is 0.345 e. The van der Waals surface area contributed by atoms with Crippen LogP contribution in [0.15, 0.2) is 11.7 Å². The lowest BCUT2D eigenvalue weighted by atomic mass is 10.4. The summed E-state index contributed by atoms with van der Waals surface area (Å²) in [6, 6.07) is 0. The molecular formula is C10H13N3OS. The Kier molecular flexibility index (Phi) is 5.44. The second kappa shape index (κ2) is 6.98. The number of amides is 1. The zero-order valence-electron chi connectivity index (χ0n) is 8.32. The van der Waals surface area contributed by atoms with E-state index in [2.05, 4.69) is 21.5 Å². The van der Waals surface area contributed by atoms with Crippen molar-refractivity contribution in [1.82, 2.24) is 15.6 Å². The van der Waals surface area contributed by atoms with Crippen LogP contribution in [0.3, 0.4) is 0 Å². The van der Waals surface area contributed by atoms with Crippen molar-refractivity contribution in [3.05, 3.63) is 16.6 Å². The van der Waals surface area contributed by atoms with E-state index in [0.717, 1.165) is 6.54 Å². The summed E-state index contributed by atoms with van der Waals surface area (Å²) < 4.78 is 0. The molecule has 80 valence electrons. The SMILES string of the molecule is C#CCNC(=O)CCNCc1cncs1. The van der Waals surface area contributed by atoms with Gasteiger partial charge in [0.2, 0.25) is 5.91 Å². The Morgan fingerprint density at radius 1 is 1.67 bits per heavy atom. The summed E-state index contributed by atoms with van der Waals surface area (Å²) in [6.07, 6.45) is 7.27. The Balaban J connectivity index is 2.02. The first kappa shape index (κ1) is 11.7. The van der Waals surface area contributed by atoms with Crippen LogP contribution in [-0.2, 0) is 11.3 Å². The number of rotatable bonds is 6. The molecule has 0 aromatic carbocycles. The molecule has 0 aliphatic carbocycles. The van der Waals surface area contributed by atoms with Gasteiger partial charge in [0.15, 0.2) is 0 Å². The van der Waals surface area contributed by atoms with Crippen LogP contribution in [0.4, 0.5) is 0 Å². The van der Waals surface area contributed by atoms with E-state index in [1.807, 2.05) is 6.20 Å². The molecule has 15 heavy (non-hydrogen) atoms. The smallest absolute Gasteiger partial charge is 0.222 e. The molecule has 4 nitrogen and oxygen atoms in total. The van der Waals surface area contributed by atoms with Gasteiger partial charge in [-0.1, -0.05) is 5.92 Å². The summed E-state index contributed by atoms with van der Waals surface area (Å²) in [5.74, 6) is 2.33. The van der Waals surface area contributed by atoms with Gasteiger partial charge in [0, 0.05) is 30.6 Å². The number of thiazole rings is 1. The van der Waals surface area contributed by atoms with Gasteiger partial charge in [-0.25, -0.2) is 0 Å². The Bertz CT molecular complexity index is 329. The molecule has 5 heteroatoms. The molecule has 0 aliphatic rings. The van der Waals surface area contributed by atoms with Crippen molar-refractivity contribution in [2.45, 2.75) is 13.0 Å². The molecule has 0 aliphatic heterocycles. The molecule has 0 saturated carbocycles. The summed E-state index contributed by atoms with van der Waals surface area (Å²) in [4.78, 5) is 16.2. The average Bonchev–Trinajstić information content (AvgIpc) is 2.74. The minimum absolute atomic E-state index is 0.0234. The lowest BCUT2D eigenvalue weighted by Crippen LogP contribution is -2.27. The highest BCUT2D eigenvalue weighted by molar-refractivity contribution is 7.09. The quantitative estimate of drug-likeness (QED) is 0.541. The molecule has 0 saturated heterocycles. The summed E-state index contributed by atoms with van der Waals surface area (Å²) in [5, 5.41) is 5.75. The van der Waals surface area contributed by atoms with Gasteiger partial charge in [-0.15, -0.1) is 17.8 Å². The molecule has 0 unspecified atom stereocenters. The number of hydrogen-bond acceptors (Lipinski definition) is 4. The van der Waals surface area contributed by atoms with E-state index in [4.69, 9.17) is 6.42 Å². The van der Waals surface area contributed by atoms with E-state index in [-0.39, 0.29) is 5.91 Å². The molecule has 0 spiro atoms. The molecular weight excluding hydrogens is 210 g/mol. The molecule has 1 aromatic rings. The topological polar surface area (TPSA) is 54.0 Å². The van der Waals surface area contributed by atoms with E-state index in [9.17, 15) is 4.79 Å². The van der Waals surface area contributed by atoms with Crippen molar-refractivity contribution >= 4 is 17.2 Å². The van der Waals surface area contributed by atoms with Crippen LogP contribution < -0.4 is 10.6 Å². The standard InChI is InChI=1S/C10H13N3OS/c1-2-4-13-10(14)3-5-11-6-9-7-12-8-15-9/h1,7-8,11H,3-6H2,(H,13,14). The van der Waals surface area contributed by atoms with Crippen LogP contribution in [0.1, 0.15) is 11.3 Å². The van der Waals surface area contributed by atoms with E-state index < -0.39 is 0 Å². The molecule has 1 rings (SSSR count). The minimum atomic E-state index is -0.0234. The summed E-state index contributed by atoms with van der Waals surface area (Å²) in [5.41, 5.74) is 1.79. The maximum Gasteiger partial charge on any atom is 0.222 e. The van der Waals surface area contributed by atoms with Gasteiger partial charge in [-0.3, -0.25) is 9.78 Å². The van der Waals surface area contributed by atoms with Gasteiger partial charge >= 0.3 is 0 Å². The predicted octanol–water partition coefficient (Wildman–Crippen LogP) is 0.372. The third-order valence-corrected chi connectivity index (χ3v) is 2.48. The van der Waals surface area contributed by atoms with Crippen molar-refractivity contribution in [1.29, 1.82) is 0 Å². The molecule has 1 aromatic heterocycles. The number of terminal acetylenes is 1. The van der Waals surface area contributed by atoms with E-state index in [1.54, 1.807) is 16.8 Å². The fourth-order valence-corrected chi connectivity index (χ4v) is 1.55. The second-order valence-electron chi connectivity index (χ2n) is 2.88. The molecule has 1 heterocycles. The number of nitrogens with zero attached hydrogens (tertiary/aromatic N) is 1. The second-order valence-corrected chi connectivity index (χ2v) is 3.85. The third kappa shape index (κ3) is 5.15. The zero-order valence-corrected chi connectivity index (χ0v) is 9.14. The van der Waals surface area contributed by atoms with Crippen LogP contribution in [0.25, 0.3) is 0 Å². The first-order valence-electron chi connectivity index (χ1n) is 4.61. The minimum Gasteiger partial charge on any atom is -0.345 e. The third-order valence-electron chi connectivity index (χ3n) is 1.70. The van der Waals surface area contributed by atoms with Gasteiger partial charge < -0.3 is 10.6 Å². The Hall–Kier alpha value is -1.38. The fourth-order valence-electron chi connectivity index (χ4n) is 0.981. The molecule has 1 amide bonds. The van der Waals surface area contributed by atoms with Crippen LogP contribution in [-0.4, -0.2) is 24.0 Å². The van der Waals surface area contributed by atoms with E-state index in [0.29, 0.717) is 19.5 Å². The molecule has 0 bridgehead atoms. The number of carbonyl (C=O) groups is 1. The number of carbonyl (C=O) groups excluding carboxylic acids is 1. The van der Waals surface area contributed by atoms with Crippen molar-refractivity contribution < 1.29 is 4.79 Å². The molecule has 2 N–H and O–H groups in total. The Morgan fingerprint density at radius 3 is 3.20 bits per heavy atom. The average molecular weight is 223 g/mol. The molecule has 0 fully saturated rings. The first-order chi connectivity index (χ1) is 7.33. The summed E-state index contributed by atoms with van der Waals surface area (Å²) in [7, 11) is 0.